The van der Waals surface area contributed by atoms with E-state index in [1.165, 1.54) is 6.08 Å². The van der Waals surface area contributed by atoms with Gasteiger partial charge in [-0.1, -0.05) is 30.3 Å². The lowest BCUT2D eigenvalue weighted by atomic mass is 10.0. The van der Waals surface area contributed by atoms with E-state index in [-0.39, 0.29) is 0 Å². The van der Waals surface area contributed by atoms with E-state index >= 15 is 0 Å². The van der Waals surface area contributed by atoms with Crippen molar-refractivity contribution < 1.29 is 13.2 Å². The van der Waals surface area contributed by atoms with Crippen LogP contribution in [0.25, 0.3) is 0 Å². The standard InChI is InChI=1S/C11H9F3/c1-7-4-2-3-5-8(7)9-6-10(9)11(12,13)14/h2-6,9H,1H3. The molecule has 1 aromatic rings. The first-order chi connectivity index (χ1) is 6.50. The molecule has 74 valence electrons. The largest absolute Gasteiger partial charge is 0.413 e. The topological polar surface area (TPSA) is 0 Å². The van der Waals surface area contributed by atoms with E-state index in [1.807, 2.05) is 19.1 Å². The predicted octanol–water partition coefficient (Wildman–Crippen LogP) is 3.58. The van der Waals surface area contributed by atoms with Gasteiger partial charge in [0.1, 0.15) is 0 Å². The van der Waals surface area contributed by atoms with E-state index in [2.05, 4.69) is 0 Å². The van der Waals surface area contributed by atoms with Gasteiger partial charge in [0, 0.05) is 11.5 Å². The maximum absolute atomic E-state index is 12.2. The maximum atomic E-state index is 12.2. The second kappa shape index (κ2) is 2.87. The van der Waals surface area contributed by atoms with Gasteiger partial charge in [-0.05, 0) is 18.1 Å². The molecule has 2 rings (SSSR count). The molecule has 0 saturated carbocycles. The minimum absolute atomic E-state index is 0.410. The first kappa shape index (κ1) is 9.31. The Hall–Kier alpha value is -1.25. The molecule has 0 aromatic heterocycles. The highest BCUT2D eigenvalue weighted by atomic mass is 19.4. The zero-order chi connectivity index (χ0) is 10.3. The summed E-state index contributed by atoms with van der Waals surface area (Å²) >= 11 is 0. The fraction of sp³-hybridized carbons (Fsp3) is 0.273. The molecular formula is C11H9F3. The summed E-state index contributed by atoms with van der Waals surface area (Å²) in [5.41, 5.74) is 1.26. The highest BCUT2D eigenvalue weighted by Gasteiger charge is 2.46. The molecule has 1 aliphatic rings. The summed E-state index contributed by atoms with van der Waals surface area (Å²) in [6, 6.07) is 7.17. The Balaban J connectivity index is 2.20. The van der Waals surface area contributed by atoms with Crippen LogP contribution >= 0.6 is 0 Å². The predicted molar refractivity (Wildman–Crippen MR) is 48.1 cm³/mol. The van der Waals surface area contributed by atoms with Crippen LogP contribution in [0.5, 0.6) is 0 Å². The number of hydrogen-bond donors (Lipinski definition) is 0. The van der Waals surface area contributed by atoms with Crippen molar-refractivity contribution in [3.05, 3.63) is 47.0 Å². The molecule has 1 atom stereocenters. The van der Waals surface area contributed by atoms with Gasteiger partial charge >= 0.3 is 6.18 Å². The molecular weight excluding hydrogens is 189 g/mol. The molecule has 3 heteroatoms. The van der Waals surface area contributed by atoms with Gasteiger partial charge in [0.25, 0.3) is 0 Å². The summed E-state index contributed by atoms with van der Waals surface area (Å²) in [6.45, 7) is 1.83. The van der Waals surface area contributed by atoms with Gasteiger partial charge in [0.15, 0.2) is 0 Å². The summed E-state index contributed by atoms with van der Waals surface area (Å²) in [5.74, 6) is -0.504. The molecule has 0 amide bonds. The fourth-order valence-electron chi connectivity index (χ4n) is 1.60. The van der Waals surface area contributed by atoms with Crippen LogP contribution in [0.1, 0.15) is 17.0 Å². The SMILES string of the molecule is Cc1ccccc1C1C=C1C(F)(F)F. The van der Waals surface area contributed by atoms with Gasteiger partial charge in [-0.15, -0.1) is 0 Å². The quantitative estimate of drug-likeness (QED) is 0.605. The second-order valence-electron chi connectivity index (χ2n) is 3.45. The van der Waals surface area contributed by atoms with E-state index in [1.54, 1.807) is 12.1 Å². The van der Waals surface area contributed by atoms with Gasteiger partial charge in [-0.2, -0.15) is 13.2 Å². The average molecular weight is 198 g/mol. The number of rotatable bonds is 1. The van der Waals surface area contributed by atoms with Gasteiger partial charge in [-0.3, -0.25) is 0 Å². The molecule has 0 N–H and O–H groups in total. The highest BCUT2D eigenvalue weighted by molar-refractivity contribution is 5.50. The highest BCUT2D eigenvalue weighted by Crippen LogP contribution is 2.49. The molecule has 0 aliphatic heterocycles. The Kier molecular flexibility index (Phi) is 1.91. The molecule has 1 unspecified atom stereocenters. The van der Waals surface area contributed by atoms with Crippen molar-refractivity contribution >= 4 is 0 Å². The first-order valence-corrected chi connectivity index (χ1v) is 4.34. The van der Waals surface area contributed by atoms with Crippen molar-refractivity contribution in [3.63, 3.8) is 0 Å². The molecule has 1 aromatic carbocycles. The van der Waals surface area contributed by atoms with E-state index < -0.39 is 17.7 Å². The van der Waals surface area contributed by atoms with Crippen LogP contribution in [0.4, 0.5) is 13.2 Å². The summed E-state index contributed by atoms with van der Waals surface area (Å²) in [5, 5.41) is 0. The van der Waals surface area contributed by atoms with Crippen LogP contribution in [0.2, 0.25) is 0 Å². The third-order valence-corrected chi connectivity index (χ3v) is 2.42. The summed E-state index contributed by atoms with van der Waals surface area (Å²) in [4.78, 5) is 0. The van der Waals surface area contributed by atoms with Crippen molar-refractivity contribution in [1.29, 1.82) is 0 Å². The third-order valence-electron chi connectivity index (χ3n) is 2.42. The van der Waals surface area contributed by atoms with Crippen LogP contribution in [-0.2, 0) is 0 Å². The average Bonchev–Trinajstić information content (AvgIpc) is 2.83. The number of alkyl halides is 3. The smallest absolute Gasteiger partial charge is 0.166 e. The molecule has 0 bridgehead atoms. The van der Waals surface area contributed by atoms with Crippen molar-refractivity contribution in [2.24, 2.45) is 0 Å². The van der Waals surface area contributed by atoms with Crippen molar-refractivity contribution in [2.75, 3.05) is 0 Å². The number of allylic oxidation sites excluding steroid dienone is 2. The molecule has 0 spiro atoms. The van der Waals surface area contributed by atoms with Gasteiger partial charge in [0.05, 0.1) is 0 Å². The Bertz CT molecular complexity index is 388. The molecule has 0 radical (unpaired) electrons. The number of aryl methyl sites for hydroxylation is 1. The summed E-state index contributed by atoms with van der Waals surface area (Å²) in [6.07, 6.45) is -2.89. The molecule has 0 fully saturated rings. The minimum Gasteiger partial charge on any atom is -0.166 e. The Labute approximate surface area is 80.1 Å². The summed E-state index contributed by atoms with van der Waals surface area (Å²) < 4.78 is 36.7. The lowest BCUT2D eigenvalue weighted by Gasteiger charge is -2.07. The van der Waals surface area contributed by atoms with E-state index in [9.17, 15) is 13.2 Å². The summed E-state index contributed by atoms with van der Waals surface area (Å²) in [7, 11) is 0. The van der Waals surface area contributed by atoms with Crippen molar-refractivity contribution in [1.82, 2.24) is 0 Å². The zero-order valence-electron chi connectivity index (χ0n) is 7.60. The van der Waals surface area contributed by atoms with Crippen molar-refractivity contribution in [3.8, 4) is 0 Å². The van der Waals surface area contributed by atoms with Crippen LogP contribution in [0.3, 0.4) is 0 Å². The number of hydrogen-bond acceptors (Lipinski definition) is 0. The zero-order valence-corrected chi connectivity index (χ0v) is 7.60. The second-order valence-corrected chi connectivity index (χ2v) is 3.45. The van der Waals surface area contributed by atoms with Gasteiger partial charge < -0.3 is 0 Å². The lowest BCUT2D eigenvalue weighted by molar-refractivity contribution is -0.0884. The Morgan fingerprint density at radius 3 is 2.29 bits per heavy atom. The van der Waals surface area contributed by atoms with Gasteiger partial charge in [-0.25, -0.2) is 0 Å². The Morgan fingerprint density at radius 2 is 1.79 bits per heavy atom. The molecule has 0 nitrogen and oxygen atoms in total. The van der Waals surface area contributed by atoms with Crippen LogP contribution in [0.15, 0.2) is 35.9 Å². The van der Waals surface area contributed by atoms with Crippen LogP contribution < -0.4 is 0 Å². The van der Waals surface area contributed by atoms with E-state index in [4.69, 9.17) is 0 Å². The fourth-order valence-corrected chi connectivity index (χ4v) is 1.60. The van der Waals surface area contributed by atoms with Crippen LogP contribution in [-0.4, -0.2) is 6.18 Å². The molecule has 14 heavy (non-hydrogen) atoms. The normalized spacial score (nSPS) is 20.6. The van der Waals surface area contributed by atoms with Gasteiger partial charge in [0.2, 0.25) is 0 Å². The Morgan fingerprint density at radius 1 is 1.14 bits per heavy atom. The number of benzene rings is 1. The lowest BCUT2D eigenvalue weighted by Crippen LogP contribution is -2.07. The monoisotopic (exact) mass is 198 g/mol. The maximum Gasteiger partial charge on any atom is 0.413 e. The number of halogens is 3. The molecule has 0 heterocycles. The first-order valence-electron chi connectivity index (χ1n) is 4.34. The molecule has 0 saturated heterocycles. The van der Waals surface area contributed by atoms with E-state index in [0.29, 0.717) is 0 Å². The third kappa shape index (κ3) is 1.54. The van der Waals surface area contributed by atoms with E-state index in [0.717, 1.165) is 11.1 Å². The van der Waals surface area contributed by atoms with Crippen molar-refractivity contribution in [2.45, 2.75) is 19.0 Å². The minimum atomic E-state index is -4.16. The molecule has 1 aliphatic carbocycles. The van der Waals surface area contributed by atoms with Crippen LogP contribution in [0, 0.1) is 6.92 Å².